The van der Waals surface area contributed by atoms with Crippen molar-refractivity contribution in [3.05, 3.63) is 11.6 Å². The number of nitrogens with one attached hydrogen (secondary N) is 1. The number of quaternary nitrogens is 1. The average Bonchev–Trinajstić information content (AvgIpc) is 2.54. The Morgan fingerprint density at radius 3 is 2.71 bits per heavy atom. The zero-order chi connectivity index (χ0) is 17.3. The van der Waals surface area contributed by atoms with Crippen molar-refractivity contribution in [1.82, 2.24) is 0 Å². The van der Waals surface area contributed by atoms with Crippen molar-refractivity contribution < 1.29 is 19.2 Å². The minimum atomic E-state index is -0.188. The SMILES string of the molecule is CC(=O)OC[C@]12CO[C@@H](C[NH+]3CCCCC3)[C@H](C(C)=C[C@H]1C)[C@@H]2C. The minimum absolute atomic E-state index is 0.0659. The van der Waals surface area contributed by atoms with Crippen LogP contribution in [-0.4, -0.2) is 44.9 Å². The Morgan fingerprint density at radius 2 is 2.04 bits per heavy atom. The summed E-state index contributed by atoms with van der Waals surface area (Å²) in [6, 6.07) is 0. The van der Waals surface area contributed by atoms with Gasteiger partial charge >= 0.3 is 5.97 Å². The van der Waals surface area contributed by atoms with E-state index in [1.165, 1.54) is 44.8 Å². The van der Waals surface area contributed by atoms with E-state index in [1.807, 2.05) is 0 Å². The second kappa shape index (κ2) is 7.17. The summed E-state index contributed by atoms with van der Waals surface area (Å²) in [5, 5.41) is 0. The summed E-state index contributed by atoms with van der Waals surface area (Å²) in [4.78, 5) is 13.1. The molecule has 0 saturated carbocycles. The lowest BCUT2D eigenvalue weighted by molar-refractivity contribution is -0.908. The summed E-state index contributed by atoms with van der Waals surface area (Å²) in [7, 11) is 0. The van der Waals surface area contributed by atoms with Crippen molar-refractivity contribution in [1.29, 1.82) is 0 Å². The maximum atomic E-state index is 11.4. The predicted octanol–water partition coefficient (Wildman–Crippen LogP) is 1.85. The van der Waals surface area contributed by atoms with Gasteiger partial charge in [0, 0.05) is 18.3 Å². The lowest BCUT2D eigenvalue weighted by Crippen LogP contribution is -3.14. The zero-order valence-electron chi connectivity index (χ0n) is 15.8. The molecule has 3 rings (SSSR count). The molecule has 2 fully saturated rings. The van der Waals surface area contributed by atoms with Gasteiger partial charge in [-0.2, -0.15) is 0 Å². The Balaban J connectivity index is 1.77. The van der Waals surface area contributed by atoms with Gasteiger partial charge in [0.15, 0.2) is 0 Å². The molecule has 0 spiro atoms. The molecule has 0 radical (unpaired) electrons. The predicted molar refractivity (Wildman–Crippen MR) is 93.8 cm³/mol. The number of fused-ring (bicyclic) bond motifs is 2. The van der Waals surface area contributed by atoms with Crippen molar-refractivity contribution in [2.75, 3.05) is 32.8 Å². The van der Waals surface area contributed by atoms with Gasteiger partial charge in [-0.05, 0) is 38.0 Å². The summed E-state index contributed by atoms with van der Waals surface area (Å²) < 4.78 is 11.9. The third-order valence-corrected chi connectivity index (χ3v) is 6.95. The summed E-state index contributed by atoms with van der Waals surface area (Å²) in [6.45, 7) is 13.3. The fraction of sp³-hybridized carbons (Fsp3) is 0.850. The third kappa shape index (κ3) is 3.28. The first-order valence-electron chi connectivity index (χ1n) is 9.71. The number of allylic oxidation sites excluding steroid dienone is 1. The van der Waals surface area contributed by atoms with Gasteiger partial charge in [-0.1, -0.05) is 25.5 Å². The molecule has 0 unspecified atom stereocenters. The fourth-order valence-electron chi connectivity index (χ4n) is 5.35. The number of hydrogen-bond donors (Lipinski definition) is 1. The molecule has 3 aliphatic rings. The molecule has 2 bridgehead atoms. The standard InChI is InChI=1S/C20H33NO3/c1-14-10-15(2)20(12-23-17(4)22)13-24-18(19(14)16(20)3)11-21-8-6-5-7-9-21/h10,15-16,18-19H,5-9,11-13H2,1-4H3/p+1/t15-,16+,18+,19-,20+/m1/s1. The number of carbonyl (C=O) groups is 1. The van der Waals surface area contributed by atoms with E-state index in [0.717, 1.165) is 6.54 Å². The molecule has 2 heterocycles. The van der Waals surface area contributed by atoms with Crippen LogP contribution in [0.3, 0.4) is 0 Å². The molecule has 0 aromatic rings. The Hall–Kier alpha value is -0.870. The third-order valence-electron chi connectivity index (χ3n) is 6.95. The van der Waals surface area contributed by atoms with Gasteiger partial charge in [-0.15, -0.1) is 0 Å². The van der Waals surface area contributed by atoms with Crippen LogP contribution in [0, 0.1) is 23.2 Å². The Labute approximate surface area is 146 Å². The van der Waals surface area contributed by atoms with Gasteiger partial charge in [0.2, 0.25) is 0 Å². The Bertz CT molecular complexity index is 497. The average molecular weight is 336 g/mol. The minimum Gasteiger partial charge on any atom is -0.465 e. The van der Waals surface area contributed by atoms with Crippen molar-refractivity contribution in [2.45, 2.75) is 53.1 Å². The quantitative estimate of drug-likeness (QED) is 0.629. The second-order valence-electron chi connectivity index (χ2n) is 8.39. The highest BCUT2D eigenvalue weighted by molar-refractivity contribution is 5.65. The van der Waals surface area contributed by atoms with E-state index >= 15 is 0 Å². The second-order valence-corrected chi connectivity index (χ2v) is 8.39. The van der Waals surface area contributed by atoms with Crippen LogP contribution >= 0.6 is 0 Å². The maximum Gasteiger partial charge on any atom is 0.302 e. The fourth-order valence-corrected chi connectivity index (χ4v) is 5.35. The highest BCUT2D eigenvalue weighted by Gasteiger charge is 2.54. The van der Waals surface area contributed by atoms with E-state index in [4.69, 9.17) is 9.47 Å². The molecule has 2 aliphatic heterocycles. The first kappa shape index (κ1) is 17.9. The van der Waals surface area contributed by atoms with E-state index in [0.29, 0.717) is 37.1 Å². The maximum absolute atomic E-state index is 11.4. The van der Waals surface area contributed by atoms with Gasteiger partial charge < -0.3 is 14.4 Å². The van der Waals surface area contributed by atoms with E-state index in [-0.39, 0.29) is 11.4 Å². The molecule has 136 valence electrons. The van der Waals surface area contributed by atoms with Crippen LogP contribution in [0.2, 0.25) is 0 Å². The topological polar surface area (TPSA) is 40.0 Å². The number of ether oxygens (including phenoxy) is 2. The molecule has 0 amide bonds. The molecule has 0 aromatic carbocycles. The lowest BCUT2D eigenvalue weighted by atomic mass is 9.56. The molecular formula is C20H34NO3+. The molecule has 24 heavy (non-hydrogen) atoms. The molecular weight excluding hydrogens is 302 g/mol. The van der Waals surface area contributed by atoms with Crippen LogP contribution in [0.15, 0.2) is 11.6 Å². The number of likely N-dealkylation sites (tertiary alicyclic amines) is 1. The molecule has 2 saturated heterocycles. The van der Waals surface area contributed by atoms with Crippen molar-refractivity contribution in [2.24, 2.45) is 23.2 Å². The molecule has 5 atom stereocenters. The number of carbonyl (C=O) groups excluding carboxylic acids is 1. The highest BCUT2D eigenvalue weighted by atomic mass is 16.5. The molecule has 4 nitrogen and oxygen atoms in total. The molecule has 4 heteroatoms. The number of piperidine rings is 1. The van der Waals surface area contributed by atoms with E-state index in [2.05, 4.69) is 26.8 Å². The first-order valence-corrected chi connectivity index (χ1v) is 9.71. The number of rotatable bonds is 4. The van der Waals surface area contributed by atoms with Crippen LogP contribution in [0.5, 0.6) is 0 Å². The van der Waals surface area contributed by atoms with Crippen LogP contribution in [0.25, 0.3) is 0 Å². The van der Waals surface area contributed by atoms with Gasteiger partial charge in [0.05, 0.1) is 26.3 Å². The summed E-state index contributed by atoms with van der Waals surface area (Å²) in [5.74, 6) is 1.14. The van der Waals surface area contributed by atoms with Crippen molar-refractivity contribution >= 4 is 5.97 Å². The monoisotopic (exact) mass is 336 g/mol. The van der Waals surface area contributed by atoms with Crippen LogP contribution in [0.1, 0.15) is 47.0 Å². The molecule has 1 N–H and O–H groups in total. The van der Waals surface area contributed by atoms with Gasteiger partial charge in [0.25, 0.3) is 0 Å². The smallest absolute Gasteiger partial charge is 0.302 e. The van der Waals surface area contributed by atoms with E-state index in [1.54, 1.807) is 4.90 Å². The Morgan fingerprint density at radius 1 is 1.33 bits per heavy atom. The summed E-state index contributed by atoms with van der Waals surface area (Å²) in [6.07, 6.45) is 6.81. The molecule has 1 aliphatic carbocycles. The van der Waals surface area contributed by atoms with Crippen molar-refractivity contribution in [3.8, 4) is 0 Å². The van der Waals surface area contributed by atoms with E-state index in [9.17, 15) is 4.79 Å². The normalized spacial score (nSPS) is 40.1. The molecule has 0 aromatic heterocycles. The number of esters is 1. The first-order chi connectivity index (χ1) is 11.4. The highest BCUT2D eigenvalue weighted by Crippen LogP contribution is 2.52. The largest absolute Gasteiger partial charge is 0.465 e. The summed E-state index contributed by atoms with van der Waals surface area (Å²) >= 11 is 0. The van der Waals surface area contributed by atoms with Crippen LogP contribution in [0.4, 0.5) is 0 Å². The zero-order valence-corrected chi connectivity index (χ0v) is 15.8. The van der Waals surface area contributed by atoms with Crippen LogP contribution in [-0.2, 0) is 14.3 Å². The van der Waals surface area contributed by atoms with Crippen LogP contribution < -0.4 is 4.90 Å². The number of hydrogen-bond acceptors (Lipinski definition) is 3. The van der Waals surface area contributed by atoms with E-state index < -0.39 is 0 Å². The lowest BCUT2D eigenvalue weighted by Gasteiger charge is -2.55. The van der Waals surface area contributed by atoms with Gasteiger partial charge in [0.1, 0.15) is 12.6 Å². The summed E-state index contributed by atoms with van der Waals surface area (Å²) in [5.41, 5.74) is 1.40. The Kier molecular flexibility index (Phi) is 5.36. The van der Waals surface area contributed by atoms with Gasteiger partial charge in [-0.25, -0.2) is 0 Å². The van der Waals surface area contributed by atoms with Gasteiger partial charge in [-0.3, -0.25) is 4.79 Å². The van der Waals surface area contributed by atoms with Crippen molar-refractivity contribution in [3.63, 3.8) is 0 Å².